The average Bonchev–Trinajstić information content (AvgIpc) is 3.14. The van der Waals surface area contributed by atoms with E-state index in [-0.39, 0.29) is 5.91 Å². The zero-order chi connectivity index (χ0) is 17.6. The molecule has 0 aliphatic heterocycles. The quantitative estimate of drug-likeness (QED) is 0.741. The van der Waals surface area contributed by atoms with Crippen molar-refractivity contribution in [3.63, 3.8) is 0 Å². The molecule has 0 radical (unpaired) electrons. The molecule has 0 unspecified atom stereocenters. The van der Waals surface area contributed by atoms with Gasteiger partial charge in [-0.25, -0.2) is 0 Å². The number of ether oxygens (including phenoxy) is 1. The van der Waals surface area contributed by atoms with Crippen molar-refractivity contribution in [2.75, 3.05) is 12.4 Å². The zero-order valence-corrected chi connectivity index (χ0v) is 14.0. The molecule has 3 rings (SSSR count). The Bertz CT molecular complexity index is 848. The number of amides is 1. The lowest BCUT2D eigenvalue weighted by molar-refractivity contribution is -0.117. The van der Waals surface area contributed by atoms with E-state index in [0.717, 1.165) is 11.1 Å². The molecule has 0 saturated carbocycles. The molecule has 128 valence electrons. The summed E-state index contributed by atoms with van der Waals surface area (Å²) in [4.78, 5) is 12.9. The largest absolute Gasteiger partial charge is 0.495 e. The van der Waals surface area contributed by atoms with Gasteiger partial charge in [0.05, 0.1) is 18.7 Å². The summed E-state index contributed by atoms with van der Waals surface area (Å²) < 4.78 is 5.28. The fourth-order valence-corrected chi connectivity index (χ4v) is 2.63. The number of hydrogen-bond donors (Lipinski definition) is 1. The van der Waals surface area contributed by atoms with E-state index in [2.05, 4.69) is 25.9 Å². The second kappa shape index (κ2) is 7.57. The van der Waals surface area contributed by atoms with Crippen molar-refractivity contribution in [3.05, 3.63) is 65.5 Å². The van der Waals surface area contributed by atoms with Gasteiger partial charge in [-0.2, -0.15) is 5.21 Å². The number of anilines is 1. The van der Waals surface area contributed by atoms with E-state index in [1.807, 2.05) is 43.3 Å². The van der Waals surface area contributed by atoms with Gasteiger partial charge in [0.15, 0.2) is 0 Å². The molecule has 0 aliphatic rings. The average molecular weight is 336 g/mol. The molecular weight excluding hydrogens is 318 g/mol. The molecule has 1 amide bonds. The van der Waals surface area contributed by atoms with Crippen LogP contribution < -0.4 is 15.2 Å². The number of aryl methyl sites for hydroxylation is 1. The summed E-state index contributed by atoms with van der Waals surface area (Å²) >= 11 is 0. The summed E-state index contributed by atoms with van der Waals surface area (Å²) in [5.74, 6) is 0.0567. The Labute approximate surface area is 145 Å². The molecule has 7 heteroatoms. The van der Waals surface area contributed by atoms with E-state index in [4.69, 9.17) is 4.74 Å². The lowest BCUT2D eigenvalue weighted by atomic mass is 9.96. The van der Waals surface area contributed by atoms with E-state index in [9.17, 15) is 4.79 Å². The van der Waals surface area contributed by atoms with Crippen LogP contribution in [0, 0.1) is 6.92 Å². The Morgan fingerprint density at radius 1 is 1.24 bits per heavy atom. The van der Waals surface area contributed by atoms with Crippen LogP contribution in [-0.2, 0) is 11.2 Å². The Kier molecular flexibility index (Phi) is 5.03. The van der Waals surface area contributed by atoms with Gasteiger partial charge >= 0.3 is 0 Å². The molecule has 25 heavy (non-hydrogen) atoms. The van der Waals surface area contributed by atoms with Crippen molar-refractivity contribution < 1.29 is 9.53 Å². The van der Waals surface area contributed by atoms with Crippen molar-refractivity contribution in [3.8, 4) is 5.75 Å². The molecule has 1 N–H and O–H groups in total. The highest BCUT2D eigenvalue weighted by atomic mass is 16.5. The molecule has 2 aromatic carbocycles. The maximum Gasteiger partial charge on any atom is 0.232 e. The number of para-hydroxylation sites is 2. The lowest BCUT2D eigenvalue weighted by Gasteiger charge is -2.18. The van der Waals surface area contributed by atoms with Crippen LogP contribution in [0.15, 0.2) is 48.5 Å². The summed E-state index contributed by atoms with van der Waals surface area (Å²) in [7, 11) is 1.56. The number of hydrogen-bond acceptors (Lipinski definition) is 5. The second-order valence-corrected chi connectivity index (χ2v) is 5.67. The maximum atomic E-state index is 12.9. The third kappa shape index (κ3) is 4.00. The van der Waals surface area contributed by atoms with E-state index in [1.54, 1.807) is 19.2 Å². The molecule has 7 nitrogen and oxygen atoms in total. The van der Waals surface area contributed by atoms with Gasteiger partial charge in [-0.3, -0.25) is 15.1 Å². The summed E-state index contributed by atoms with van der Waals surface area (Å²) in [6, 6.07) is 15.2. The highest BCUT2D eigenvalue weighted by Gasteiger charge is 2.22. The molecule has 0 fully saturated rings. The first-order valence-corrected chi connectivity index (χ1v) is 7.85. The molecule has 1 atom stereocenters. The van der Waals surface area contributed by atoms with E-state index >= 15 is 0 Å². The highest BCUT2D eigenvalue weighted by Crippen LogP contribution is 2.26. The van der Waals surface area contributed by atoms with Crippen molar-refractivity contribution >= 4 is 11.6 Å². The van der Waals surface area contributed by atoms with Gasteiger partial charge in [0.2, 0.25) is 5.91 Å². The smallest absolute Gasteiger partial charge is 0.232 e. The van der Waals surface area contributed by atoms with Crippen molar-refractivity contribution in [1.82, 2.24) is 20.6 Å². The molecule has 0 spiro atoms. The third-order valence-electron chi connectivity index (χ3n) is 3.85. The minimum atomic E-state index is -0.596. The lowest BCUT2D eigenvalue weighted by Crippen LogP contribution is -2.24. The summed E-state index contributed by atoms with van der Waals surface area (Å²) in [6.07, 6.45) is 0.454. The second-order valence-electron chi connectivity index (χ2n) is 5.67. The van der Waals surface area contributed by atoms with E-state index < -0.39 is 5.92 Å². The van der Waals surface area contributed by atoms with Crippen LogP contribution in [0.1, 0.15) is 22.9 Å². The van der Waals surface area contributed by atoms with Crippen LogP contribution >= 0.6 is 0 Å². The first-order valence-electron chi connectivity index (χ1n) is 7.85. The molecule has 1 heterocycles. The van der Waals surface area contributed by atoms with E-state index in [0.29, 0.717) is 23.7 Å². The minimum absolute atomic E-state index is 0.235. The molecular formula is C18H18N5O2-. The summed E-state index contributed by atoms with van der Waals surface area (Å²) in [5, 5.41) is 17.7. The predicted molar refractivity (Wildman–Crippen MR) is 92.4 cm³/mol. The first kappa shape index (κ1) is 16.6. The number of carbonyl (C=O) groups excluding carboxylic acids is 1. The molecule has 0 aliphatic carbocycles. The zero-order valence-electron chi connectivity index (χ0n) is 14.0. The highest BCUT2D eigenvalue weighted by molar-refractivity contribution is 5.96. The van der Waals surface area contributed by atoms with Crippen molar-refractivity contribution in [2.24, 2.45) is 0 Å². The van der Waals surface area contributed by atoms with Crippen molar-refractivity contribution in [2.45, 2.75) is 19.3 Å². The Hall–Kier alpha value is -3.22. The SMILES string of the molecule is COc1ccccc1NC(=O)[C@@H](Cc1cccc(C)c1)c1nnn[n-]1. The summed E-state index contributed by atoms with van der Waals surface area (Å²) in [6.45, 7) is 2.01. The van der Waals surface area contributed by atoms with Gasteiger partial charge in [-0.1, -0.05) is 42.0 Å². The van der Waals surface area contributed by atoms with Gasteiger partial charge in [-0.05, 0) is 31.0 Å². The van der Waals surface area contributed by atoms with Gasteiger partial charge in [0.1, 0.15) is 5.75 Å². The number of nitrogens with zero attached hydrogens (tertiary/aromatic N) is 4. The number of aromatic nitrogens is 4. The Morgan fingerprint density at radius 2 is 2.08 bits per heavy atom. The van der Waals surface area contributed by atoms with Gasteiger partial charge in [0, 0.05) is 5.82 Å². The van der Waals surface area contributed by atoms with Gasteiger partial charge < -0.3 is 15.2 Å². The van der Waals surface area contributed by atoms with Crippen LogP contribution in [0.5, 0.6) is 5.75 Å². The van der Waals surface area contributed by atoms with Gasteiger partial charge in [-0.15, -0.1) is 0 Å². The first-order chi connectivity index (χ1) is 12.2. The topological polar surface area (TPSA) is 91.1 Å². The predicted octanol–water partition coefficient (Wildman–Crippen LogP) is 2.11. The third-order valence-corrected chi connectivity index (χ3v) is 3.85. The number of carbonyl (C=O) groups is 1. The Balaban J connectivity index is 1.85. The number of tetrazole rings is 1. The van der Waals surface area contributed by atoms with Crippen LogP contribution in [0.4, 0.5) is 5.69 Å². The Morgan fingerprint density at radius 3 is 2.80 bits per heavy atom. The van der Waals surface area contributed by atoms with Crippen LogP contribution in [0.2, 0.25) is 0 Å². The van der Waals surface area contributed by atoms with Gasteiger partial charge in [0.25, 0.3) is 0 Å². The standard InChI is InChI=1S/C18H19N5O2/c1-12-6-5-7-13(10-12)11-14(17-20-22-23-21-17)18(24)19-15-8-3-4-9-16(15)25-2/h3-10,14H,11H2,1-2H3,(H2,19,20,21,22,23,24)/p-1/t14-/m0/s1. The summed E-state index contributed by atoms with van der Waals surface area (Å²) in [5.41, 5.74) is 2.74. The molecule has 0 bridgehead atoms. The van der Waals surface area contributed by atoms with Crippen LogP contribution in [-0.4, -0.2) is 28.5 Å². The maximum absolute atomic E-state index is 12.9. The van der Waals surface area contributed by atoms with Crippen molar-refractivity contribution in [1.29, 1.82) is 0 Å². The number of methoxy groups -OCH3 is 1. The monoisotopic (exact) mass is 336 g/mol. The van der Waals surface area contributed by atoms with E-state index in [1.165, 1.54) is 0 Å². The fourth-order valence-electron chi connectivity index (χ4n) is 2.63. The minimum Gasteiger partial charge on any atom is -0.495 e. The fraction of sp³-hybridized carbons (Fsp3) is 0.222. The number of nitrogens with one attached hydrogen (secondary N) is 1. The number of rotatable bonds is 6. The number of benzene rings is 2. The van der Waals surface area contributed by atoms with Crippen LogP contribution in [0.3, 0.4) is 0 Å². The molecule has 0 saturated heterocycles. The molecule has 1 aromatic heterocycles. The normalized spacial score (nSPS) is 11.8. The molecule has 3 aromatic rings. The van der Waals surface area contributed by atoms with Crippen LogP contribution in [0.25, 0.3) is 0 Å².